The Morgan fingerprint density at radius 2 is 1.65 bits per heavy atom. The first-order chi connectivity index (χ1) is 23.7. The molecule has 1 atom stereocenters. The molecule has 0 amide bonds. The highest BCUT2D eigenvalue weighted by atomic mass is 35.5. The molecule has 3 aromatic carbocycles. The first-order valence-corrected chi connectivity index (χ1v) is 17.6. The maximum absolute atomic E-state index is 11.9. The van der Waals surface area contributed by atoms with E-state index < -0.39 is 0 Å². The van der Waals surface area contributed by atoms with Crippen molar-refractivity contribution in [2.45, 2.75) is 72.3 Å². The van der Waals surface area contributed by atoms with Crippen LogP contribution in [0.25, 0.3) is 11.1 Å². The Bertz CT molecular complexity index is 1680. The van der Waals surface area contributed by atoms with Crippen LogP contribution in [0.1, 0.15) is 70.8 Å². The maximum Gasteiger partial charge on any atom is 0.161 e. The topological polar surface area (TPSA) is 116 Å². The molecule has 0 saturated carbocycles. The van der Waals surface area contributed by atoms with Gasteiger partial charge in [-0.1, -0.05) is 48.4 Å². The molecule has 0 radical (unpaired) electrons. The molecule has 4 rings (SSSR count). The summed E-state index contributed by atoms with van der Waals surface area (Å²) in [6.45, 7) is 7.76. The van der Waals surface area contributed by atoms with Crippen LogP contribution < -0.4 is 25.3 Å². The number of rotatable bonds is 20. The molecule has 0 spiro atoms. The highest BCUT2D eigenvalue weighted by Crippen LogP contribution is 2.36. The zero-order valence-corrected chi connectivity index (χ0v) is 30.1. The molecule has 0 fully saturated rings. The van der Waals surface area contributed by atoms with E-state index in [1.54, 1.807) is 24.5 Å². The Morgan fingerprint density at radius 1 is 0.898 bits per heavy atom. The molecule has 4 N–H and O–H groups in total. The number of unbranched alkanes of at least 4 members (excludes halogenated alkanes) is 1. The number of nitrogens with two attached hydrogens (primary N) is 1. The van der Waals surface area contributed by atoms with Gasteiger partial charge in [-0.05, 0) is 92.6 Å². The van der Waals surface area contributed by atoms with E-state index in [-0.39, 0.29) is 25.0 Å². The molecule has 0 aliphatic carbocycles. The average Bonchev–Trinajstić information content (AvgIpc) is 3.10. The molecule has 49 heavy (non-hydrogen) atoms. The molecule has 0 aliphatic heterocycles. The summed E-state index contributed by atoms with van der Waals surface area (Å²) < 4.78 is 18.6. The van der Waals surface area contributed by atoms with Gasteiger partial charge in [0, 0.05) is 53.6 Å². The molecular weight excluding hydrogens is 661 g/mol. The Balaban J connectivity index is 1.56. The zero-order valence-electron chi connectivity index (χ0n) is 28.6. The summed E-state index contributed by atoms with van der Waals surface area (Å²) in [4.78, 5) is 16.1. The number of aliphatic hydroxyl groups excluding tert-OH is 1. The molecule has 262 valence electrons. The fourth-order valence-corrected chi connectivity index (χ4v) is 5.86. The van der Waals surface area contributed by atoms with Crippen LogP contribution >= 0.6 is 23.2 Å². The van der Waals surface area contributed by atoms with E-state index in [0.717, 1.165) is 70.4 Å². The van der Waals surface area contributed by atoms with Crippen LogP contribution in [-0.4, -0.2) is 47.6 Å². The summed E-state index contributed by atoms with van der Waals surface area (Å²) in [6.07, 6.45) is 6.62. The molecule has 0 aliphatic rings. The van der Waals surface area contributed by atoms with Gasteiger partial charge >= 0.3 is 0 Å². The first-order valence-electron chi connectivity index (χ1n) is 16.7. The Kier molecular flexibility index (Phi) is 15.2. The van der Waals surface area contributed by atoms with E-state index >= 15 is 0 Å². The number of benzene rings is 3. The second-order valence-electron chi connectivity index (χ2n) is 12.1. The van der Waals surface area contributed by atoms with Gasteiger partial charge in [-0.2, -0.15) is 0 Å². The van der Waals surface area contributed by atoms with Gasteiger partial charge in [0.25, 0.3) is 0 Å². The van der Waals surface area contributed by atoms with Crippen LogP contribution in [0.15, 0.2) is 67.0 Å². The van der Waals surface area contributed by atoms with E-state index in [0.29, 0.717) is 54.3 Å². The molecule has 0 saturated heterocycles. The standard InChI is InChI=1S/C39H47Cl2N3O5/c1-26-30(9-6-11-34(26)35-12-7-13-37(27(35)2)47-16-8-14-40)25-49-39-19-38(48-24-29-17-31(28(3)46)21-43-20-29)32(18-36(39)41)22-44-33(23-45)10-4-5-15-42/h6-7,9,11-13,17-21,33,44-45H,4-5,8,10,14-16,22-25,42H2,1-3H3/t33-/m0/s1. The maximum atomic E-state index is 11.9. The van der Waals surface area contributed by atoms with Crippen LogP contribution in [0.4, 0.5) is 0 Å². The number of hydrogen-bond donors (Lipinski definition) is 3. The number of aromatic nitrogens is 1. The average molecular weight is 709 g/mol. The predicted octanol–water partition coefficient (Wildman–Crippen LogP) is 7.97. The quantitative estimate of drug-likeness (QED) is 0.0481. The number of ether oxygens (including phenoxy) is 3. The highest BCUT2D eigenvalue weighted by molar-refractivity contribution is 6.32. The van der Waals surface area contributed by atoms with E-state index in [1.165, 1.54) is 6.92 Å². The summed E-state index contributed by atoms with van der Waals surface area (Å²) in [7, 11) is 0. The van der Waals surface area contributed by atoms with Crippen LogP contribution in [0.5, 0.6) is 17.2 Å². The van der Waals surface area contributed by atoms with Crippen LogP contribution in [0, 0.1) is 13.8 Å². The molecule has 10 heteroatoms. The number of nitrogens with zero attached hydrogens (tertiary/aromatic N) is 1. The molecule has 1 heterocycles. The van der Waals surface area contributed by atoms with E-state index in [1.807, 2.05) is 30.3 Å². The van der Waals surface area contributed by atoms with Crippen molar-refractivity contribution in [2.24, 2.45) is 5.73 Å². The van der Waals surface area contributed by atoms with Crippen LogP contribution in [0.2, 0.25) is 5.02 Å². The molecule has 1 aromatic heterocycles. The van der Waals surface area contributed by atoms with Crippen molar-refractivity contribution in [3.63, 3.8) is 0 Å². The zero-order chi connectivity index (χ0) is 35.2. The monoisotopic (exact) mass is 707 g/mol. The van der Waals surface area contributed by atoms with Gasteiger partial charge in [-0.25, -0.2) is 0 Å². The number of hydrogen-bond acceptors (Lipinski definition) is 8. The Morgan fingerprint density at radius 3 is 2.39 bits per heavy atom. The van der Waals surface area contributed by atoms with Gasteiger partial charge in [-0.15, -0.1) is 11.6 Å². The Hall–Kier alpha value is -3.66. The summed E-state index contributed by atoms with van der Waals surface area (Å²) in [5, 5.41) is 13.8. The van der Waals surface area contributed by atoms with Crippen molar-refractivity contribution in [1.29, 1.82) is 0 Å². The summed E-state index contributed by atoms with van der Waals surface area (Å²) in [5.74, 6) is 2.40. The van der Waals surface area contributed by atoms with E-state index in [2.05, 4.69) is 36.3 Å². The third-order valence-corrected chi connectivity index (χ3v) is 9.02. The largest absolute Gasteiger partial charge is 0.493 e. The van der Waals surface area contributed by atoms with Gasteiger partial charge in [0.1, 0.15) is 30.5 Å². The third kappa shape index (κ3) is 10.9. The fraction of sp³-hybridized carbons (Fsp3) is 0.385. The number of halogens is 2. The molecule has 0 unspecified atom stereocenters. The molecule has 0 bridgehead atoms. The number of carbonyl (C=O) groups is 1. The fourth-order valence-electron chi connectivity index (χ4n) is 5.51. The smallest absolute Gasteiger partial charge is 0.161 e. The molecule has 4 aromatic rings. The summed E-state index contributed by atoms with van der Waals surface area (Å²) >= 11 is 12.7. The number of nitrogens with one attached hydrogen (secondary N) is 1. The second kappa shape index (κ2) is 19.5. The van der Waals surface area contributed by atoms with Crippen molar-refractivity contribution < 1.29 is 24.1 Å². The number of pyridine rings is 1. The first kappa shape index (κ1) is 38.1. The van der Waals surface area contributed by atoms with Crippen molar-refractivity contribution in [3.8, 4) is 28.4 Å². The highest BCUT2D eigenvalue weighted by Gasteiger charge is 2.16. The summed E-state index contributed by atoms with van der Waals surface area (Å²) in [5.41, 5.74) is 13.1. The van der Waals surface area contributed by atoms with E-state index in [9.17, 15) is 9.90 Å². The molecule has 8 nitrogen and oxygen atoms in total. The lowest BCUT2D eigenvalue weighted by atomic mass is 9.93. The third-order valence-electron chi connectivity index (χ3n) is 8.46. The van der Waals surface area contributed by atoms with Crippen molar-refractivity contribution in [2.75, 3.05) is 25.6 Å². The van der Waals surface area contributed by atoms with Gasteiger partial charge < -0.3 is 30.4 Å². The number of ketones is 1. The number of carbonyl (C=O) groups excluding carboxylic acids is 1. The molecular formula is C39H47Cl2N3O5. The van der Waals surface area contributed by atoms with E-state index in [4.69, 9.17) is 43.1 Å². The second-order valence-corrected chi connectivity index (χ2v) is 12.8. The predicted molar refractivity (Wildman–Crippen MR) is 197 cm³/mol. The van der Waals surface area contributed by atoms with Gasteiger partial charge in [0.2, 0.25) is 0 Å². The minimum atomic E-state index is -0.0951. The minimum absolute atomic E-state index is 0.00247. The number of aliphatic hydroxyl groups is 1. The van der Waals surface area contributed by atoms with Crippen molar-refractivity contribution >= 4 is 29.0 Å². The minimum Gasteiger partial charge on any atom is -0.493 e. The normalized spacial score (nSPS) is 11.7. The van der Waals surface area contributed by atoms with Crippen LogP contribution in [0.3, 0.4) is 0 Å². The van der Waals surface area contributed by atoms with Crippen molar-refractivity contribution in [1.82, 2.24) is 10.3 Å². The number of alkyl halides is 1. The van der Waals surface area contributed by atoms with Gasteiger partial charge in [0.05, 0.1) is 18.2 Å². The lowest BCUT2D eigenvalue weighted by molar-refractivity contribution is 0.101. The van der Waals surface area contributed by atoms with Gasteiger partial charge in [-0.3, -0.25) is 9.78 Å². The number of Topliss-reactive ketones (excluding diaryl/α,β-unsaturated/α-hetero) is 1. The van der Waals surface area contributed by atoms with Gasteiger partial charge in [0.15, 0.2) is 5.78 Å². The van der Waals surface area contributed by atoms with Crippen molar-refractivity contribution in [3.05, 3.63) is 105 Å². The van der Waals surface area contributed by atoms with Crippen LogP contribution in [-0.2, 0) is 19.8 Å². The summed E-state index contributed by atoms with van der Waals surface area (Å²) in [6, 6.07) is 17.6. The Labute approximate surface area is 299 Å². The lowest BCUT2D eigenvalue weighted by Crippen LogP contribution is -2.32. The lowest BCUT2D eigenvalue weighted by Gasteiger charge is -2.20. The SMILES string of the molecule is CC(=O)c1cncc(COc2cc(OCc3cccc(-c4cccc(OCCCCl)c4C)c3C)c(Cl)cc2CN[C@H](CO)CCCCN)c1.